The summed E-state index contributed by atoms with van der Waals surface area (Å²) in [5, 5.41) is 5.07. The molecule has 0 saturated heterocycles. The SMILES string of the molecule is O=C(Nc1ccc2ccccc2c1)n1ccnc1. The molecular weight excluding hydrogens is 226 g/mol. The number of rotatable bonds is 1. The third-order valence-corrected chi connectivity index (χ3v) is 2.74. The van der Waals surface area contributed by atoms with Crippen LogP contribution in [0.1, 0.15) is 0 Å². The maximum Gasteiger partial charge on any atom is 0.331 e. The van der Waals surface area contributed by atoms with E-state index in [0.29, 0.717) is 0 Å². The van der Waals surface area contributed by atoms with Crippen molar-refractivity contribution in [2.45, 2.75) is 0 Å². The average molecular weight is 237 g/mol. The molecule has 4 nitrogen and oxygen atoms in total. The van der Waals surface area contributed by atoms with E-state index in [1.54, 1.807) is 12.4 Å². The summed E-state index contributed by atoms with van der Waals surface area (Å²) in [6, 6.07) is 13.6. The number of benzene rings is 2. The Balaban J connectivity index is 1.89. The van der Waals surface area contributed by atoms with Crippen molar-refractivity contribution in [2.24, 2.45) is 0 Å². The Bertz CT molecular complexity index is 689. The number of nitrogens with one attached hydrogen (secondary N) is 1. The molecule has 1 heterocycles. The number of amides is 1. The fourth-order valence-electron chi connectivity index (χ4n) is 1.83. The summed E-state index contributed by atoms with van der Waals surface area (Å²) in [6.07, 6.45) is 4.65. The van der Waals surface area contributed by atoms with E-state index in [-0.39, 0.29) is 6.03 Å². The quantitative estimate of drug-likeness (QED) is 0.706. The van der Waals surface area contributed by atoms with Crippen LogP contribution in [0.4, 0.5) is 10.5 Å². The van der Waals surface area contributed by atoms with Crippen molar-refractivity contribution >= 4 is 22.5 Å². The first kappa shape index (κ1) is 10.5. The predicted octanol–water partition coefficient (Wildman–Crippen LogP) is 3.12. The molecule has 88 valence electrons. The second-order valence-electron chi connectivity index (χ2n) is 3.96. The molecule has 0 bridgehead atoms. The van der Waals surface area contributed by atoms with Gasteiger partial charge in [-0.15, -0.1) is 0 Å². The van der Waals surface area contributed by atoms with E-state index in [2.05, 4.69) is 10.3 Å². The summed E-state index contributed by atoms with van der Waals surface area (Å²) >= 11 is 0. The molecule has 1 aromatic heterocycles. The highest BCUT2D eigenvalue weighted by atomic mass is 16.2. The number of aromatic nitrogens is 2. The third kappa shape index (κ3) is 1.96. The molecular formula is C14H11N3O. The molecule has 0 aliphatic rings. The predicted molar refractivity (Wildman–Crippen MR) is 70.6 cm³/mol. The number of hydrogen-bond donors (Lipinski definition) is 1. The van der Waals surface area contributed by atoms with Crippen molar-refractivity contribution in [1.82, 2.24) is 9.55 Å². The van der Waals surface area contributed by atoms with Crippen molar-refractivity contribution < 1.29 is 4.79 Å². The molecule has 0 aliphatic heterocycles. The highest BCUT2D eigenvalue weighted by Gasteiger charge is 2.04. The Kier molecular flexibility index (Phi) is 2.53. The van der Waals surface area contributed by atoms with Crippen molar-refractivity contribution in [3.63, 3.8) is 0 Å². The van der Waals surface area contributed by atoms with Crippen LogP contribution in [0.2, 0.25) is 0 Å². The Morgan fingerprint density at radius 2 is 1.94 bits per heavy atom. The first-order chi connectivity index (χ1) is 8.83. The molecule has 3 aromatic rings. The molecule has 18 heavy (non-hydrogen) atoms. The monoisotopic (exact) mass is 237 g/mol. The van der Waals surface area contributed by atoms with Gasteiger partial charge in [0.05, 0.1) is 0 Å². The molecule has 0 spiro atoms. The van der Waals surface area contributed by atoms with Crippen LogP contribution in [-0.2, 0) is 0 Å². The van der Waals surface area contributed by atoms with Crippen LogP contribution in [-0.4, -0.2) is 15.6 Å². The lowest BCUT2D eigenvalue weighted by atomic mass is 10.1. The molecule has 0 aliphatic carbocycles. The lowest BCUT2D eigenvalue weighted by molar-refractivity contribution is 0.253. The van der Waals surface area contributed by atoms with Gasteiger partial charge in [-0.25, -0.2) is 9.78 Å². The van der Waals surface area contributed by atoms with Gasteiger partial charge < -0.3 is 5.32 Å². The van der Waals surface area contributed by atoms with Gasteiger partial charge in [-0.1, -0.05) is 30.3 Å². The summed E-state index contributed by atoms with van der Waals surface area (Å²) in [6.45, 7) is 0. The van der Waals surface area contributed by atoms with Crippen LogP contribution >= 0.6 is 0 Å². The zero-order chi connectivity index (χ0) is 12.4. The summed E-state index contributed by atoms with van der Waals surface area (Å²) < 4.78 is 1.40. The average Bonchev–Trinajstić information content (AvgIpc) is 2.92. The van der Waals surface area contributed by atoms with Crippen LogP contribution in [0.5, 0.6) is 0 Å². The Morgan fingerprint density at radius 1 is 1.11 bits per heavy atom. The highest BCUT2D eigenvalue weighted by molar-refractivity contribution is 5.94. The lowest BCUT2D eigenvalue weighted by Crippen LogP contribution is -2.17. The molecule has 1 amide bonds. The van der Waals surface area contributed by atoms with Gasteiger partial charge >= 0.3 is 6.03 Å². The second kappa shape index (κ2) is 4.33. The summed E-state index contributed by atoms with van der Waals surface area (Å²) in [7, 11) is 0. The van der Waals surface area contributed by atoms with E-state index in [9.17, 15) is 4.79 Å². The standard InChI is InChI=1S/C14H11N3O/c18-14(17-8-7-15-10-17)16-13-6-5-11-3-1-2-4-12(11)9-13/h1-10H,(H,16,18). The second-order valence-corrected chi connectivity index (χ2v) is 3.96. The van der Waals surface area contributed by atoms with Crippen LogP contribution < -0.4 is 5.32 Å². The number of imidazole rings is 1. The van der Waals surface area contributed by atoms with Crippen LogP contribution in [0.3, 0.4) is 0 Å². The largest absolute Gasteiger partial charge is 0.331 e. The van der Waals surface area contributed by atoms with Gasteiger partial charge in [-0.2, -0.15) is 0 Å². The minimum atomic E-state index is -0.220. The molecule has 0 fully saturated rings. The number of nitrogens with zero attached hydrogens (tertiary/aromatic N) is 2. The fraction of sp³-hybridized carbons (Fsp3) is 0. The smallest absolute Gasteiger partial charge is 0.307 e. The number of carbonyl (C=O) groups excluding carboxylic acids is 1. The summed E-state index contributed by atoms with van der Waals surface area (Å²) in [5.41, 5.74) is 0.771. The molecule has 0 atom stereocenters. The van der Waals surface area contributed by atoms with Gasteiger partial charge in [0.25, 0.3) is 0 Å². The summed E-state index contributed by atoms with van der Waals surface area (Å²) in [4.78, 5) is 15.7. The van der Waals surface area contributed by atoms with E-state index in [1.807, 2.05) is 42.5 Å². The molecule has 0 radical (unpaired) electrons. The molecule has 0 unspecified atom stereocenters. The minimum Gasteiger partial charge on any atom is -0.307 e. The Labute approximate surface area is 104 Å². The minimum absolute atomic E-state index is 0.220. The van der Waals surface area contributed by atoms with Crippen molar-refractivity contribution in [3.05, 3.63) is 61.2 Å². The third-order valence-electron chi connectivity index (χ3n) is 2.74. The molecule has 1 N–H and O–H groups in total. The van der Waals surface area contributed by atoms with Crippen LogP contribution in [0.15, 0.2) is 61.2 Å². The van der Waals surface area contributed by atoms with E-state index in [1.165, 1.54) is 10.9 Å². The van der Waals surface area contributed by atoms with Gasteiger partial charge in [-0.3, -0.25) is 4.57 Å². The lowest BCUT2D eigenvalue weighted by Gasteiger charge is -2.06. The zero-order valence-corrected chi connectivity index (χ0v) is 9.58. The van der Waals surface area contributed by atoms with E-state index < -0.39 is 0 Å². The Hall–Kier alpha value is -2.62. The molecule has 4 heteroatoms. The number of fused-ring (bicyclic) bond motifs is 1. The van der Waals surface area contributed by atoms with Crippen LogP contribution in [0, 0.1) is 0 Å². The van der Waals surface area contributed by atoms with Crippen LogP contribution in [0.25, 0.3) is 10.8 Å². The normalized spacial score (nSPS) is 10.4. The van der Waals surface area contributed by atoms with Crippen molar-refractivity contribution in [1.29, 1.82) is 0 Å². The molecule has 3 rings (SSSR count). The Morgan fingerprint density at radius 3 is 2.72 bits per heavy atom. The number of carbonyl (C=O) groups is 1. The number of hydrogen-bond acceptors (Lipinski definition) is 2. The summed E-state index contributed by atoms with van der Waals surface area (Å²) in [5.74, 6) is 0. The first-order valence-electron chi connectivity index (χ1n) is 5.61. The van der Waals surface area contributed by atoms with Crippen molar-refractivity contribution in [2.75, 3.05) is 5.32 Å². The van der Waals surface area contributed by atoms with Gasteiger partial charge in [0.15, 0.2) is 0 Å². The zero-order valence-electron chi connectivity index (χ0n) is 9.58. The van der Waals surface area contributed by atoms with Gasteiger partial charge in [0, 0.05) is 18.1 Å². The van der Waals surface area contributed by atoms with Gasteiger partial charge in [0.2, 0.25) is 0 Å². The topological polar surface area (TPSA) is 46.9 Å². The van der Waals surface area contributed by atoms with Gasteiger partial charge in [-0.05, 0) is 22.9 Å². The van der Waals surface area contributed by atoms with E-state index >= 15 is 0 Å². The molecule has 2 aromatic carbocycles. The van der Waals surface area contributed by atoms with E-state index in [0.717, 1.165) is 16.5 Å². The maximum atomic E-state index is 11.8. The maximum absolute atomic E-state index is 11.8. The van der Waals surface area contributed by atoms with E-state index in [4.69, 9.17) is 0 Å². The van der Waals surface area contributed by atoms with Gasteiger partial charge in [0.1, 0.15) is 6.33 Å². The highest BCUT2D eigenvalue weighted by Crippen LogP contribution is 2.18. The fourth-order valence-corrected chi connectivity index (χ4v) is 1.83. The number of anilines is 1. The van der Waals surface area contributed by atoms with Crippen molar-refractivity contribution in [3.8, 4) is 0 Å². The first-order valence-corrected chi connectivity index (χ1v) is 5.61. The molecule has 0 saturated carbocycles.